The first-order valence-corrected chi connectivity index (χ1v) is 6.30. The number of ether oxygens (including phenoxy) is 1. The number of amides is 1. The van der Waals surface area contributed by atoms with E-state index in [9.17, 15) is 9.59 Å². The highest BCUT2D eigenvalue weighted by molar-refractivity contribution is 5.78. The zero-order valence-electron chi connectivity index (χ0n) is 11.1. The summed E-state index contributed by atoms with van der Waals surface area (Å²) in [4.78, 5) is 22.5. The average Bonchev–Trinajstić information content (AvgIpc) is 2.43. The van der Waals surface area contributed by atoms with Crippen LogP contribution in [0.2, 0.25) is 0 Å². The second-order valence-electron chi connectivity index (χ2n) is 4.36. The molecule has 3 N–H and O–H groups in total. The Labute approximate surface area is 113 Å². The summed E-state index contributed by atoms with van der Waals surface area (Å²) >= 11 is 0. The van der Waals surface area contributed by atoms with Crippen LogP contribution in [0.25, 0.3) is 0 Å². The van der Waals surface area contributed by atoms with Crippen LogP contribution in [0.4, 0.5) is 0 Å². The van der Waals surface area contributed by atoms with E-state index in [2.05, 4.69) is 5.32 Å². The van der Waals surface area contributed by atoms with Gasteiger partial charge < -0.3 is 15.8 Å². The molecular weight excluding hydrogens is 244 g/mol. The number of hydrogen-bond acceptors (Lipinski definition) is 4. The molecule has 0 bridgehead atoms. The lowest BCUT2D eigenvalue weighted by molar-refractivity contribution is -0.145. The molecule has 1 atom stereocenters. The maximum Gasteiger partial charge on any atom is 0.306 e. The van der Waals surface area contributed by atoms with Gasteiger partial charge in [-0.25, -0.2) is 0 Å². The van der Waals surface area contributed by atoms with Gasteiger partial charge in [-0.05, 0) is 18.9 Å². The summed E-state index contributed by atoms with van der Waals surface area (Å²) in [6.45, 7) is 2.07. The van der Waals surface area contributed by atoms with Crippen molar-refractivity contribution >= 4 is 11.9 Å². The smallest absolute Gasteiger partial charge is 0.306 e. The SMILES string of the molecule is CC(CCC(=O)OCc1ccccc1)NC(=O)CN. The Balaban J connectivity index is 2.19. The summed E-state index contributed by atoms with van der Waals surface area (Å²) in [6, 6.07) is 9.42. The first-order chi connectivity index (χ1) is 9.11. The number of benzene rings is 1. The van der Waals surface area contributed by atoms with Crippen molar-refractivity contribution in [2.45, 2.75) is 32.4 Å². The average molecular weight is 264 g/mol. The third-order valence-corrected chi connectivity index (χ3v) is 2.62. The number of hydrogen-bond donors (Lipinski definition) is 2. The zero-order chi connectivity index (χ0) is 14.1. The lowest BCUT2D eigenvalue weighted by atomic mass is 10.2. The van der Waals surface area contributed by atoms with Crippen molar-refractivity contribution in [1.82, 2.24) is 5.32 Å². The normalized spacial score (nSPS) is 11.7. The van der Waals surface area contributed by atoms with Gasteiger partial charge in [-0.2, -0.15) is 0 Å². The molecule has 104 valence electrons. The Morgan fingerprint density at radius 1 is 1.32 bits per heavy atom. The molecular formula is C14H20N2O3. The Kier molecular flexibility index (Phi) is 6.60. The molecule has 0 aliphatic rings. The molecule has 0 aliphatic carbocycles. The van der Waals surface area contributed by atoms with Crippen molar-refractivity contribution in [3.63, 3.8) is 0 Å². The van der Waals surface area contributed by atoms with Gasteiger partial charge in [0.2, 0.25) is 5.91 Å². The van der Waals surface area contributed by atoms with Gasteiger partial charge in [0.1, 0.15) is 6.61 Å². The fourth-order valence-electron chi connectivity index (χ4n) is 1.55. The standard InChI is InChI=1S/C14H20N2O3/c1-11(16-13(17)9-15)7-8-14(18)19-10-12-5-3-2-4-6-12/h2-6,11H,7-10,15H2,1H3,(H,16,17). The van der Waals surface area contributed by atoms with E-state index in [1.165, 1.54) is 0 Å². The van der Waals surface area contributed by atoms with E-state index in [1.54, 1.807) is 0 Å². The summed E-state index contributed by atoms with van der Waals surface area (Å²) < 4.78 is 5.13. The summed E-state index contributed by atoms with van der Waals surface area (Å²) in [7, 11) is 0. The molecule has 1 rings (SSSR count). The molecule has 19 heavy (non-hydrogen) atoms. The van der Waals surface area contributed by atoms with Crippen LogP contribution in [-0.2, 0) is 20.9 Å². The highest BCUT2D eigenvalue weighted by atomic mass is 16.5. The number of carbonyl (C=O) groups is 2. The van der Waals surface area contributed by atoms with Gasteiger partial charge in [-0.3, -0.25) is 9.59 Å². The van der Waals surface area contributed by atoms with Gasteiger partial charge in [0.05, 0.1) is 6.54 Å². The predicted octanol–water partition coefficient (Wildman–Crippen LogP) is 0.973. The fourth-order valence-corrected chi connectivity index (χ4v) is 1.55. The van der Waals surface area contributed by atoms with E-state index in [-0.39, 0.29) is 37.5 Å². The Hall–Kier alpha value is -1.88. The molecule has 1 amide bonds. The number of nitrogens with two attached hydrogens (primary N) is 1. The zero-order valence-corrected chi connectivity index (χ0v) is 11.1. The highest BCUT2D eigenvalue weighted by Gasteiger charge is 2.09. The fraction of sp³-hybridized carbons (Fsp3) is 0.429. The summed E-state index contributed by atoms with van der Waals surface area (Å²) in [5, 5.41) is 2.69. The molecule has 0 saturated carbocycles. The first kappa shape index (κ1) is 15.2. The maximum atomic E-state index is 11.5. The predicted molar refractivity (Wildman–Crippen MR) is 72.1 cm³/mol. The van der Waals surface area contributed by atoms with Crippen LogP contribution >= 0.6 is 0 Å². The van der Waals surface area contributed by atoms with E-state index in [4.69, 9.17) is 10.5 Å². The van der Waals surface area contributed by atoms with E-state index in [0.29, 0.717) is 6.42 Å². The van der Waals surface area contributed by atoms with Gasteiger partial charge in [0.25, 0.3) is 0 Å². The van der Waals surface area contributed by atoms with Crippen molar-refractivity contribution in [1.29, 1.82) is 0 Å². The minimum Gasteiger partial charge on any atom is -0.461 e. The lowest BCUT2D eigenvalue weighted by Gasteiger charge is -2.12. The summed E-state index contributed by atoms with van der Waals surface area (Å²) in [5.41, 5.74) is 6.14. The lowest BCUT2D eigenvalue weighted by Crippen LogP contribution is -2.37. The third kappa shape index (κ3) is 6.57. The minimum absolute atomic E-state index is 0.0389. The van der Waals surface area contributed by atoms with Crippen molar-refractivity contribution in [3.8, 4) is 0 Å². The summed E-state index contributed by atoms with van der Waals surface area (Å²) in [5.74, 6) is -0.483. The van der Waals surface area contributed by atoms with Crippen molar-refractivity contribution in [3.05, 3.63) is 35.9 Å². The molecule has 1 aromatic rings. The van der Waals surface area contributed by atoms with Crippen LogP contribution in [0.3, 0.4) is 0 Å². The van der Waals surface area contributed by atoms with Crippen molar-refractivity contribution in [2.75, 3.05) is 6.54 Å². The maximum absolute atomic E-state index is 11.5. The number of carbonyl (C=O) groups excluding carboxylic acids is 2. The molecule has 0 aromatic heterocycles. The third-order valence-electron chi connectivity index (χ3n) is 2.62. The van der Waals surface area contributed by atoms with Crippen LogP contribution < -0.4 is 11.1 Å². The van der Waals surface area contributed by atoms with Crippen LogP contribution in [0.1, 0.15) is 25.3 Å². The van der Waals surface area contributed by atoms with Gasteiger partial charge in [0.15, 0.2) is 0 Å². The Morgan fingerprint density at radius 3 is 2.63 bits per heavy atom. The Bertz CT molecular complexity index is 406. The van der Waals surface area contributed by atoms with Crippen LogP contribution in [0, 0.1) is 0 Å². The van der Waals surface area contributed by atoms with E-state index in [0.717, 1.165) is 5.56 Å². The van der Waals surface area contributed by atoms with E-state index >= 15 is 0 Å². The van der Waals surface area contributed by atoms with Gasteiger partial charge in [0, 0.05) is 12.5 Å². The Morgan fingerprint density at radius 2 is 2.00 bits per heavy atom. The molecule has 0 aliphatic heterocycles. The largest absolute Gasteiger partial charge is 0.461 e. The van der Waals surface area contributed by atoms with Crippen LogP contribution in [-0.4, -0.2) is 24.5 Å². The number of esters is 1. The molecule has 5 nitrogen and oxygen atoms in total. The van der Waals surface area contributed by atoms with Gasteiger partial charge in [-0.1, -0.05) is 30.3 Å². The molecule has 0 spiro atoms. The molecule has 0 heterocycles. The topological polar surface area (TPSA) is 81.4 Å². The number of rotatable bonds is 7. The van der Waals surface area contributed by atoms with Crippen molar-refractivity contribution < 1.29 is 14.3 Å². The molecule has 1 aromatic carbocycles. The van der Waals surface area contributed by atoms with E-state index in [1.807, 2.05) is 37.3 Å². The van der Waals surface area contributed by atoms with Crippen molar-refractivity contribution in [2.24, 2.45) is 5.73 Å². The second-order valence-corrected chi connectivity index (χ2v) is 4.36. The highest BCUT2D eigenvalue weighted by Crippen LogP contribution is 2.04. The molecule has 0 fully saturated rings. The van der Waals surface area contributed by atoms with Gasteiger partial charge >= 0.3 is 5.97 Å². The number of nitrogens with one attached hydrogen (secondary N) is 1. The van der Waals surface area contributed by atoms with Gasteiger partial charge in [-0.15, -0.1) is 0 Å². The van der Waals surface area contributed by atoms with Crippen LogP contribution in [0.5, 0.6) is 0 Å². The first-order valence-electron chi connectivity index (χ1n) is 6.30. The second kappa shape index (κ2) is 8.26. The van der Waals surface area contributed by atoms with E-state index < -0.39 is 0 Å². The molecule has 5 heteroatoms. The minimum atomic E-state index is -0.266. The summed E-state index contributed by atoms with van der Waals surface area (Å²) in [6.07, 6.45) is 0.818. The quantitative estimate of drug-likeness (QED) is 0.719. The van der Waals surface area contributed by atoms with Crippen LogP contribution in [0.15, 0.2) is 30.3 Å². The monoisotopic (exact) mass is 264 g/mol. The molecule has 1 unspecified atom stereocenters. The molecule has 0 saturated heterocycles. The molecule has 0 radical (unpaired) electrons.